The second kappa shape index (κ2) is 6.42. The van der Waals surface area contributed by atoms with Gasteiger partial charge in [-0.3, -0.25) is 0 Å². The van der Waals surface area contributed by atoms with Crippen molar-refractivity contribution >= 4 is 28.6 Å². The smallest absolute Gasteiger partial charge is 0.204 e. The maximum atomic E-state index is 6.33. The van der Waals surface area contributed by atoms with Crippen LogP contribution in [-0.2, 0) is 13.1 Å². The molecule has 0 amide bonds. The van der Waals surface area contributed by atoms with Gasteiger partial charge in [0.1, 0.15) is 5.76 Å². The number of furan rings is 1. The van der Waals surface area contributed by atoms with E-state index in [2.05, 4.69) is 16.0 Å². The molecule has 0 aliphatic rings. The van der Waals surface area contributed by atoms with Crippen LogP contribution in [0.4, 0.5) is 5.95 Å². The average Bonchev–Trinajstić information content (AvgIpc) is 3.23. The number of fused-ring (bicyclic) bond motifs is 1. The Labute approximate surface area is 144 Å². The summed E-state index contributed by atoms with van der Waals surface area (Å²) in [5, 5.41) is 4.12. The molecule has 5 heteroatoms. The summed E-state index contributed by atoms with van der Waals surface area (Å²) in [6, 6.07) is 19.8. The number of nitrogens with one attached hydrogen (secondary N) is 1. The molecular formula is C19H16ClN3O. The lowest BCUT2D eigenvalue weighted by molar-refractivity contribution is 0.517. The van der Waals surface area contributed by atoms with Gasteiger partial charge in [0.05, 0.1) is 30.4 Å². The van der Waals surface area contributed by atoms with Crippen LogP contribution in [0.3, 0.4) is 0 Å². The summed E-state index contributed by atoms with van der Waals surface area (Å²) in [5.41, 5.74) is 3.08. The van der Waals surface area contributed by atoms with Crippen molar-refractivity contribution in [2.45, 2.75) is 13.1 Å². The number of hydrogen-bond acceptors (Lipinski definition) is 3. The van der Waals surface area contributed by atoms with Gasteiger partial charge in [-0.2, -0.15) is 0 Å². The van der Waals surface area contributed by atoms with Crippen LogP contribution in [0.25, 0.3) is 11.0 Å². The van der Waals surface area contributed by atoms with Gasteiger partial charge in [-0.05, 0) is 35.9 Å². The van der Waals surface area contributed by atoms with Crippen LogP contribution in [0.1, 0.15) is 11.3 Å². The van der Waals surface area contributed by atoms with E-state index in [1.54, 1.807) is 6.26 Å². The molecule has 0 unspecified atom stereocenters. The Morgan fingerprint density at radius 1 is 1.00 bits per heavy atom. The molecule has 24 heavy (non-hydrogen) atoms. The fourth-order valence-electron chi connectivity index (χ4n) is 2.75. The van der Waals surface area contributed by atoms with Crippen LogP contribution in [0.5, 0.6) is 0 Å². The minimum Gasteiger partial charge on any atom is -0.467 e. The highest BCUT2D eigenvalue weighted by atomic mass is 35.5. The largest absolute Gasteiger partial charge is 0.467 e. The van der Waals surface area contributed by atoms with Gasteiger partial charge in [0, 0.05) is 5.02 Å². The highest BCUT2D eigenvalue weighted by Crippen LogP contribution is 2.24. The maximum Gasteiger partial charge on any atom is 0.204 e. The molecule has 120 valence electrons. The molecule has 2 heterocycles. The first-order chi connectivity index (χ1) is 11.8. The second-order valence-corrected chi connectivity index (χ2v) is 5.94. The fraction of sp³-hybridized carbons (Fsp3) is 0.105. The Hall–Kier alpha value is -2.72. The van der Waals surface area contributed by atoms with Crippen molar-refractivity contribution in [2.24, 2.45) is 0 Å². The molecule has 2 aromatic heterocycles. The minimum atomic E-state index is 0.582. The van der Waals surface area contributed by atoms with Gasteiger partial charge in [-0.1, -0.05) is 41.9 Å². The highest BCUT2D eigenvalue weighted by molar-refractivity contribution is 6.31. The Bertz CT molecular complexity index is 960. The third-order valence-electron chi connectivity index (χ3n) is 3.94. The fourth-order valence-corrected chi connectivity index (χ4v) is 2.94. The Kier molecular flexibility index (Phi) is 3.97. The molecule has 4 rings (SSSR count). The molecule has 4 aromatic rings. The first kappa shape index (κ1) is 14.8. The summed E-state index contributed by atoms with van der Waals surface area (Å²) in [5.74, 6) is 1.67. The lowest BCUT2D eigenvalue weighted by Crippen LogP contribution is -2.08. The molecule has 0 radical (unpaired) electrons. The Morgan fingerprint density at radius 2 is 1.83 bits per heavy atom. The van der Waals surface area contributed by atoms with Crippen LogP contribution < -0.4 is 5.32 Å². The van der Waals surface area contributed by atoms with Gasteiger partial charge in [0.25, 0.3) is 0 Å². The third-order valence-corrected chi connectivity index (χ3v) is 4.31. The standard InChI is InChI=1S/C19H16ClN3O/c20-16-8-2-1-6-14(16)13-23-18-10-4-3-9-17(18)22-19(23)21-12-15-7-5-11-24-15/h1-11H,12-13H2,(H,21,22). The number of imidazole rings is 1. The Morgan fingerprint density at radius 3 is 2.67 bits per heavy atom. The zero-order valence-electron chi connectivity index (χ0n) is 12.9. The van der Waals surface area contributed by atoms with Gasteiger partial charge >= 0.3 is 0 Å². The van der Waals surface area contributed by atoms with Crippen molar-refractivity contribution in [1.82, 2.24) is 9.55 Å². The zero-order valence-corrected chi connectivity index (χ0v) is 13.7. The summed E-state index contributed by atoms with van der Waals surface area (Å²) in [6.07, 6.45) is 1.67. The minimum absolute atomic E-state index is 0.582. The van der Waals surface area contributed by atoms with E-state index in [-0.39, 0.29) is 0 Å². The molecule has 0 spiro atoms. The van der Waals surface area contributed by atoms with Gasteiger partial charge in [-0.25, -0.2) is 4.98 Å². The predicted molar refractivity (Wildman–Crippen MR) is 96.3 cm³/mol. The Balaban J connectivity index is 1.71. The number of nitrogens with zero attached hydrogens (tertiary/aromatic N) is 2. The lowest BCUT2D eigenvalue weighted by Gasteiger charge is -2.11. The summed E-state index contributed by atoms with van der Waals surface area (Å²) in [4.78, 5) is 4.71. The number of hydrogen-bond donors (Lipinski definition) is 1. The van der Waals surface area contributed by atoms with Crippen LogP contribution in [0, 0.1) is 0 Å². The molecule has 0 saturated heterocycles. The molecule has 0 bridgehead atoms. The number of benzene rings is 2. The number of anilines is 1. The van der Waals surface area contributed by atoms with Crippen molar-refractivity contribution in [2.75, 3.05) is 5.32 Å². The highest BCUT2D eigenvalue weighted by Gasteiger charge is 2.12. The van der Waals surface area contributed by atoms with E-state index in [9.17, 15) is 0 Å². The average molecular weight is 338 g/mol. The number of halogens is 1. The molecule has 0 saturated carbocycles. The third kappa shape index (κ3) is 2.88. The molecular weight excluding hydrogens is 322 g/mol. The second-order valence-electron chi connectivity index (χ2n) is 5.53. The van der Waals surface area contributed by atoms with Gasteiger partial charge in [0.15, 0.2) is 0 Å². The molecule has 0 aliphatic heterocycles. The van der Waals surface area contributed by atoms with E-state index in [0.717, 1.165) is 33.3 Å². The molecule has 0 fully saturated rings. The molecule has 2 aromatic carbocycles. The van der Waals surface area contributed by atoms with Crippen molar-refractivity contribution < 1.29 is 4.42 Å². The van der Waals surface area contributed by atoms with Gasteiger partial charge in [-0.15, -0.1) is 0 Å². The van der Waals surface area contributed by atoms with Crippen LogP contribution >= 0.6 is 11.6 Å². The molecule has 1 N–H and O–H groups in total. The van der Waals surface area contributed by atoms with Crippen LogP contribution in [0.15, 0.2) is 71.3 Å². The zero-order chi connectivity index (χ0) is 16.4. The van der Waals surface area contributed by atoms with Crippen molar-refractivity contribution in [1.29, 1.82) is 0 Å². The monoisotopic (exact) mass is 337 g/mol. The van der Waals surface area contributed by atoms with E-state index in [1.807, 2.05) is 54.6 Å². The number of aromatic nitrogens is 2. The van der Waals surface area contributed by atoms with Gasteiger partial charge < -0.3 is 14.3 Å². The maximum absolute atomic E-state index is 6.33. The first-order valence-electron chi connectivity index (χ1n) is 7.76. The topological polar surface area (TPSA) is 43.0 Å². The lowest BCUT2D eigenvalue weighted by atomic mass is 10.2. The SMILES string of the molecule is Clc1ccccc1Cn1c(NCc2ccco2)nc2ccccc21. The van der Waals surface area contributed by atoms with E-state index >= 15 is 0 Å². The number of rotatable bonds is 5. The van der Waals surface area contributed by atoms with Gasteiger partial charge in [0.2, 0.25) is 5.95 Å². The normalized spacial score (nSPS) is 11.0. The van der Waals surface area contributed by atoms with Crippen molar-refractivity contribution in [3.05, 3.63) is 83.3 Å². The van der Waals surface area contributed by atoms with E-state index in [1.165, 1.54) is 0 Å². The summed E-state index contributed by atoms with van der Waals surface area (Å²) in [6.45, 7) is 1.24. The van der Waals surface area contributed by atoms with E-state index < -0.39 is 0 Å². The number of para-hydroxylation sites is 2. The molecule has 0 atom stereocenters. The van der Waals surface area contributed by atoms with E-state index in [4.69, 9.17) is 21.0 Å². The summed E-state index contributed by atoms with van der Waals surface area (Å²) in [7, 11) is 0. The summed E-state index contributed by atoms with van der Waals surface area (Å²) < 4.78 is 7.52. The molecule has 4 nitrogen and oxygen atoms in total. The first-order valence-corrected chi connectivity index (χ1v) is 8.14. The van der Waals surface area contributed by atoms with Crippen LogP contribution in [-0.4, -0.2) is 9.55 Å². The predicted octanol–water partition coefficient (Wildman–Crippen LogP) is 4.94. The van der Waals surface area contributed by atoms with Crippen molar-refractivity contribution in [3.8, 4) is 0 Å². The summed E-state index contributed by atoms with van der Waals surface area (Å²) >= 11 is 6.33. The quantitative estimate of drug-likeness (QED) is 0.560. The van der Waals surface area contributed by atoms with Crippen molar-refractivity contribution in [3.63, 3.8) is 0 Å². The van der Waals surface area contributed by atoms with E-state index in [0.29, 0.717) is 13.1 Å². The molecule has 0 aliphatic carbocycles. The van der Waals surface area contributed by atoms with Crippen LogP contribution in [0.2, 0.25) is 5.02 Å².